The van der Waals surface area contributed by atoms with Gasteiger partial charge in [-0.15, -0.1) is 0 Å². The van der Waals surface area contributed by atoms with Crippen molar-refractivity contribution in [3.63, 3.8) is 0 Å². The van der Waals surface area contributed by atoms with Gasteiger partial charge in [-0.25, -0.2) is 0 Å². The van der Waals surface area contributed by atoms with Crippen LogP contribution in [0.5, 0.6) is 0 Å². The van der Waals surface area contributed by atoms with E-state index in [2.05, 4.69) is 11.8 Å². The van der Waals surface area contributed by atoms with Gasteiger partial charge in [-0.1, -0.05) is 6.92 Å². The normalized spacial score (nSPS) is 31.7. The van der Waals surface area contributed by atoms with Crippen molar-refractivity contribution in [2.45, 2.75) is 38.3 Å². The molecule has 2 unspecified atom stereocenters. The van der Waals surface area contributed by atoms with Crippen LogP contribution in [0.15, 0.2) is 0 Å². The second kappa shape index (κ2) is 4.60. The van der Waals surface area contributed by atoms with E-state index in [1.807, 2.05) is 0 Å². The largest absolute Gasteiger partial charge is 0.374 e. The molecule has 0 aromatic rings. The summed E-state index contributed by atoms with van der Waals surface area (Å²) in [5, 5.41) is 0. The lowest BCUT2D eigenvalue weighted by molar-refractivity contribution is -0.0434. The Balaban J connectivity index is 1.80. The van der Waals surface area contributed by atoms with Crippen LogP contribution in [0.25, 0.3) is 0 Å². The monoisotopic (exact) mass is 198 g/mol. The fourth-order valence-corrected chi connectivity index (χ4v) is 2.27. The van der Waals surface area contributed by atoms with Gasteiger partial charge in [0.05, 0.1) is 12.7 Å². The van der Waals surface area contributed by atoms with Crippen LogP contribution < -0.4 is 5.73 Å². The molecule has 82 valence electrons. The second-order valence-electron chi connectivity index (χ2n) is 4.62. The Morgan fingerprint density at radius 2 is 2.29 bits per heavy atom. The van der Waals surface area contributed by atoms with E-state index in [0.717, 1.165) is 25.6 Å². The van der Waals surface area contributed by atoms with Gasteiger partial charge in [0.1, 0.15) is 0 Å². The van der Waals surface area contributed by atoms with E-state index in [4.69, 9.17) is 10.5 Å². The van der Waals surface area contributed by atoms with Crippen LogP contribution in [0.2, 0.25) is 0 Å². The molecule has 2 N–H and O–H groups in total. The summed E-state index contributed by atoms with van der Waals surface area (Å²) in [4.78, 5) is 2.48. The van der Waals surface area contributed by atoms with Crippen molar-refractivity contribution >= 4 is 0 Å². The van der Waals surface area contributed by atoms with E-state index >= 15 is 0 Å². The highest BCUT2D eigenvalue weighted by Gasteiger charge is 2.36. The fraction of sp³-hybridized carbons (Fsp3) is 1.00. The predicted octanol–water partition coefficient (Wildman–Crippen LogP) is 0.834. The number of rotatable bonds is 4. The molecule has 1 heterocycles. The zero-order valence-corrected chi connectivity index (χ0v) is 9.11. The quantitative estimate of drug-likeness (QED) is 0.727. The Kier molecular flexibility index (Phi) is 3.42. The summed E-state index contributed by atoms with van der Waals surface area (Å²) < 4.78 is 5.75. The molecule has 1 saturated carbocycles. The molecule has 0 amide bonds. The van der Waals surface area contributed by atoms with Gasteiger partial charge in [-0.2, -0.15) is 0 Å². The van der Waals surface area contributed by atoms with Gasteiger partial charge < -0.3 is 10.5 Å². The van der Waals surface area contributed by atoms with Gasteiger partial charge in [-0.3, -0.25) is 4.90 Å². The Morgan fingerprint density at radius 3 is 2.93 bits per heavy atom. The molecule has 0 radical (unpaired) electrons. The van der Waals surface area contributed by atoms with Crippen molar-refractivity contribution < 1.29 is 4.74 Å². The van der Waals surface area contributed by atoms with Gasteiger partial charge in [-0.05, 0) is 31.7 Å². The Hall–Kier alpha value is -0.120. The molecular formula is C11H22N2O. The number of nitrogens with zero attached hydrogens (tertiary/aromatic N) is 1. The van der Waals surface area contributed by atoms with E-state index in [-0.39, 0.29) is 6.04 Å². The molecule has 2 aliphatic rings. The molecule has 0 aromatic heterocycles. The van der Waals surface area contributed by atoms with Gasteiger partial charge >= 0.3 is 0 Å². The number of ether oxygens (including phenoxy) is 1. The summed E-state index contributed by atoms with van der Waals surface area (Å²) in [6.07, 6.45) is 4.15. The third-order valence-electron chi connectivity index (χ3n) is 3.31. The second-order valence-corrected chi connectivity index (χ2v) is 4.62. The summed E-state index contributed by atoms with van der Waals surface area (Å²) >= 11 is 0. The van der Waals surface area contributed by atoms with Crippen LogP contribution in [0.1, 0.15) is 26.2 Å². The summed E-state index contributed by atoms with van der Waals surface area (Å²) in [6, 6.07) is 0.287. The molecule has 0 spiro atoms. The maximum absolute atomic E-state index is 6.16. The van der Waals surface area contributed by atoms with Crippen LogP contribution in [-0.2, 0) is 4.74 Å². The van der Waals surface area contributed by atoms with Crippen LogP contribution in [-0.4, -0.2) is 43.3 Å². The number of hydrogen-bond donors (Lipinski definition) is 1. The van der Waals surface area contributed by atoms with Gasteiger partial charge in [0, 0.05) is 19.1 Å². The minimum atomic E-state index is 0.287. The lowest BCUT2D eigenvalue weighted by Crippen LogP contribution is -2.51. The third kappa shape index (κ3) is 2.47. The van der Waals surface area contributed by atoms with Crippen molar-refractivity contribution in [3.05, 3.63) is 0 Å². The van der Waals surface area contributed by atoms with Crippen LogP contribution in [0, 0.1) is 5.92 Å². The van der Waals surface area contributed by atoms with Gasteiger partial charge in [0.15, 0.2) is 0 Å². The molecule has 1 saturated heterocycles. The molecule has 2 rings (SSSR count). The lowest BCUT2D eigenvalue weighted by Gasteiger charge is -2.35. The first-order valence-corrected chi connectivity index (χ1v) is 5.90. The van der Waals surface area contributed by atoms with E-state index in [9.17, 15) is 0 Å². The lowest BCUT2D eigenvalue weighted by atomic mass is 10.1. The molecule has 0 aromatic carbocycles. The highest BCUT2D eigenvalue weighted by Crippen LogP contribution is 2.34. The zero-order valence-electron chi connectivity index (χ0n) is 9.11. The molecule has 3 nitrogen and oxygen atoms in total. The van der Waals surface area contributed by atoms with Crippen molar-refractivity contribution in [1.82, 2.24) is 4.90 Å². The van der Waals surface area contributed by atoms with Crippen LogP contribution >= 0.6 is 0 Å². The topological polar surface area (TPSA) is 38.5 Å². The summed E-state index contributed by atoms with van der Waals surface area (Å²) in [5.74, 6) is 0.751. The molecule has 1 aliphatic heterocycles. The minimum Gasteiger partial charge on any atom is -0.374 e. The molecule has 14 heavy (non-hydrogen) atoms. The third-order valence-corrected chi connectivity index (χ3v) is 3.31. The predicted molar refractivity (Wildman–Crippen MR) is 57.2 cm³/mol. The molecule has 2 atom stereocenters. The first-order chi connectivity index (χ1) is 6.81. The Bertz CT molecular complexity index is 180. The average Bonchev–Trinajstić information content (AvgIpc) is 3.01. The highest BCUT2D eigenvalue weighted by molar-refractivity contribution is 4.91. The maximum Gasteiger partial charge on any atom is 0.0855 e. The molecular weight excluding hydrogens is 176 g/mol. The summed E-state index contributed by atoms with van der Waals surface area (Å²) in [6.45, 7) is 6.42. The standard InChI is InChI=1S/C11H22N2O/c1-2-5-13-6-7-14-10(8-13)11(12)9-3-4-9/h9-11H,2-8,12H2,1H3. The molecule has 1 aliphatic carbocycles. The highest BCUT2D eigenvalue weighted by atomic mass is 16.5. The van der Waals surface area contributed by atoms with E-state index in [0.29, 0.717) is 6.10 Å². The first-order valence-electron chi connectivity index (χ1n) is 5.90. The van der Waals surface area contributed by atoms with Crippen LogP contribution in [0.3, 0.4) is 0 Å². The fourth-order valence-electron chi connectivity index (χ4n) is 2.27. The summed E-state index contributed by atoms with van der Waals surface area (Å²) in [5.41, 5.74) is 6.16. The SMILES string of the molecule is CCCN1CCOC(C(N)C2CC2)C1. The maximum atomic E-state index is 6.16. The van der Waals surface area contributed by atoms with Crippen molar-refractivity contribution in [1.29, 1.82) is 0 Å². The number of morpholine rings is 1. The van der Waals surface area contributed by atoms with Crippen molar-refractivity contribution in [2.24, 2.45) is 11.7 Å². The smallest absolute Gasteiger partial charge is 0.0855 e. The van der Waals surface area contributed by atoms with Crippen LogP contribution in [0.4, 0.5) is 0 Å². The van der Waals surface area contributed by atoms with E-state index in [1.165, 1.54) is 25.8 Å². The van der Waals surface area contributed by atoms with Gasteiger partial charge in [0.25, 0.3) is 0 Å². The average molecular weight is 198 g/mol. The van der Waals surface area contributed by atoms with Crippen molar-refractivity contribution in [3.8, 4) is 0 Å². The zero-order chi connectivity index (χ0) is 9.97. The minimum absolute atomic E-state index is 0.287. The molecule has 2 fully saturated rings. The Morgan fingerprint density at radius 1 is 1.50 bits per heavy atom. The first kappa shape index (κ1) is 10.4. The van der Waals surface area contributed by atoms with Crippen molar-refractivity contribution in [2.75, 3.05) is 26.2 Å². The summed E-state index contributed by atoms with van der Waals surface area (Å²) in [7, 11) is 0. The molecule has 3 heteroatoms. The number of nitrogens with two attached hydrogens (primary N) is 1. The van der Waals surface area contributed by atoms with E-state index in [1.54, 1.807) is 0 Å². The number of hydrogen-bond acceptors (Lipinski definition) is 3. The Labute approximate surface area is 86.6 Å². The van der Waals surface area contributed by atoms with E-state index < -0.39 is 0 Å². The van der Waals surface area contributed by atoms with Gasteiger partial charge in [0.2, 0.25) is 0 Å². The molecule has 0 bridgehead atoms.